The van der Waals surface area contributed by atoms with Gasteiger partial charge in [0.25, 0.3) is 0 Å². The largest absolute Gasteiger partial charge is 0.380 e. The van der Waals surface area contributed by atoms with Crippen molar-refractivity contribution >= 4 is 0 Å². The van der Waals surface area contributed by atoms with Crippen LogP contribution in [0.4, 0.5) is 0 Å². The fourth-order valence-corrected chi connectivity index (χ4v) is 5.73. The van der Waals surface area contributed by atoms with E-state index in [4.69, 9.17) is 4.74 Å². The summed E-state index contributed by atoms with van der Waals surface area (Å²) >= 11 is 0. The minimum atomic E-state index is -0.958. The van der Waals surface area contributed by atoms with Gasteiger partial charge in [0, 0.05) is 19.7 Å². The normalized spacial score (nSPS) is 28.0. The smallest absolute Gasteiger partial charge is 0.116 e. The maximum absolute atomic E-state index is 11.9. The topological polar surface area (TPSA) is 32.7 Å². The molecule has 2 heterocycles. The van der Waals surface area contributed by atoms with Crippen molar-refractivity contribution < 1.29 is 9.84 Å². The maximum Gasteiger partial charge on any atom is 0.116 e. The van der Waals surface area contributed by atoms with Gasteiger partial charge in [0.2, 0.25) is 0 Å². The average Bonchev–Trinajstić information content (AvgIpc) is 2.79. The Bertz CT molecular complexity index is 765. The molecule has 0 aliphatic carbocycles. The Balaban J connectivity index is 1.50. The fraction of sp³-hybridized carbons (Fsp3) is 0.556. The highest BCUT2D eigenvalue weighted by Gasteiger charge is 2.44. The first-order valence-electron chi connectivity index (χ1n) is 11.7. The second-order valence-corrected chi connectivity index (χ2v) is 9.80. The fourth-order valence-electron chi connectivity index (χ4n) is 5.73. The summed E-state index contributed by atoms with van der Waals surface area (Å²) in [6, 6.07) is 20.3. The van der Waals surface area contributed by atoms with Crippen LogP contribution in [0.3, 0.4) is 0 Å². The molecule has 4 rings (SSSR count). The molecule has 2 atom stereocenters. The van der Waals surface area contributed by atoms with Crippen molar-refractivity contribution in [3.8, 4) is 0 Å². The van der Waals surface area contributed by atoms with Crippen LogP contribution in [0.15, 0.2) is 60.7 Å². The van der Waals surface area contributed by atoms with Gasteiger partial charge in [-0.3, -0.25) is 0 Å². The van der Waals surface area contributed by atoms with E-state index >= 15 is 0 Å². The molecule has 0 aromatic heterocycles. The van der Waals surface area contributed by atoms with E-state index in [1.165, 1.54) is 19.3 Å². The van der Waals surface area contributed by atoms with Gasteiger partial charge in [-0.1, -0.05) is 67.6 Å². The van der Waals surface area contributed by atoms with E-state index in [9.17, 15) is 5.11 Å². The van der Waals surface area contributed by atoms with Crippen molar-refractivity contribution in [2.24, 2.45) is 5.41 Å². The van der Waals surface area contributed by atoms with E-state index in [-0.39, 0.29) is 5.60 Å². The number of likely N-dealkylation sites (tertiary alicyclic amines) is 1. The monoisotopic (exact) mass is 407 g/mol. The molecule has 162 valence electrons. The van der Waals surface area contributed by atoms with E-state index in [0.717, 1.165) is 50.2 Å². The SMILES string of the molecule is CC[C@@]1(C)C[C@@]2(CCCN(CCC(O)(c3ccccc3)c3ccccc3)C2)CCO1. The van der Waals surface area contributed by atoms with Crippen molar-refractivity contribution in [3.05, 3.63) is 71.8 Å². The van der Waals surface area contributed by atoms with Crippen molar-refractivity contribution in [2.45, 2.75) is 63.6 Å². The first-order valence-corrected chi connectivity index (χ1v) is 11.7. The lowest BCUT2D eigenvalue weighted by Gasteiger charge is -2.51. The molecule has 2 aromatic rings. The lowest BCUT2D eigenvalue weighted by Crippen LogP contribution is -2.52. The highest BCUT2D eigenvalue weighted by atomic mass is 16.5. The molecule has 2 aliphatic rings. The average molecular weight is 408 g/mol. The molecule has 3 nitrogen and oxygen atoms in total. The maximum atomic E-state index is 11.9. The molecule has 30 heavy (non-hydrogen) atoms. The third-order valence-electron chi connectivity index (χ3n) is 7.61. The van der Waals surface area contributed by atoms with Crippen LogP contribution in [0.5, 0.6) is 0 Å². The third kappa shape index (κ3) is 4.49. The van der Waals surface area contributed by atoms with E-state index in [1.807, 2.05) is 36.4 Å². The van der Waals surface area contributed by atoms with Crippen molar-refractivity contribution in [1.82, 2.24) is 4.90 Å². The number of rotatable bonds is 6. The predicted octanol–water partition coefficient (Wildman–Crippen LogP) is 5.37. The molecule has 2 aliphatic heterocycles. The minimum Gasteiger partial charge on any atom is -0.380 e. The van der Waals surface area contributed by atoms with Crippen LogP contribution in [-0.4, -0.2) is 41.8 Å². The van der Waals surface area contributed by atoms with Crippen LogP contribution in [0.1, 0.15) is 63.5 Å². The summed E-state index contributed by atoms with van der Waals surface area (Å²) in [5.74, 6) is 0. The zero-order chi connectivity index (χ0) is 21.1. The van der Waals surface area contributed by atoms with Gasteiger partial charge < -0.3 is 14.7 Å². The van der Waals surface area contributed by atoms with Gasteiger partial charge in [0.1, 0.15) is 5.60 Å². The van der Waals surface area contributed by atoms with Crippen LogP contribution in [0, 0.1) is 5.41 Å². The first kappa shape index (κ1) is 21.5. The summed E-state index contributed by atoms with van der Waals surface area (Å²) < 4.78 is 6.15. The molecule has 2 aromatic carbocycles. The van der Waals surface area contributed by atoms with Crippen molar-refractivity contribution in [1.29, 1.82) is 0 Å². The zero-order valence-corrected chi connectivity index (χ0v) is 18.6. The summed E-state index contributed by atoms with van der Waals surface area (Å²) in [5, 5.41) is 11.9. The molecule has 2 saturated heterocycles. The second kappa shape index (κ2) is 8.82. The van der Waals surface area contributed by atoms with Crippen LogP contribution < -0.4 is 0 Å². The molecular formula is C27H37NO2. The summed E-state index contributed by atoms with van der Waals surface area (Å²) in [7, 11) is 0. The Morgan fingerprint density at radius 2 is 1.63 bits per heavy atom. The highest BCUT2D eigenvalue weighted by Crippen LogP contribution is 2.46. The number of ether oxygens (including phenoxy) is 1. The van der Waals surface area contributed by atoms with Crippen molar-refractivity contribution in [2.75, 3.05) is 26.2 Å². The Morgan fingerprint density at radius 3 is 2.23 bits per heavy atom. The predicted molar refractivity (Wildman–Crippen MR) is 122 cm³/mol. The molecule has 2 fully saturated rings. The molecule has 0 saturated carbocycles. The highest BCUT2D eigenvalue weighted by molar-refractivity contribution is 5.35. The number of piperidine rings is 1. The molecule has 0 unspecified atom stereocenters. The van der Waals surface area contributed by atoms with Gasteiger partial charge >= 0.3 is 0 Å². The summed E-state index contributed by atoms with van der Waals surface area (Å²) in [6.07, 6.45) is 6.67. The molecule has 0 radical (unpaired) electrons. The number of aliphatic hydroxyl groups is 1. The van der Waals surface area contributed by atoms with Crippen LogP contribution in [0.2, 0.25) is 0 Å². The minimum absolute atomic E-state index is 0.0239. The van der Waals surface area contributed by atoms with E-state index in [0.29, 0.717) is 11.8 Å². The Kier molecular flexibility index (Phi) is 6.34. The van der Waals surface area contributed by atoms with E-state index < -0.39 is 5.60 Å². The summed E-state index contributed by atoms with van der Waals surface area (Å²) in [5.41, 5.74) is 1.40. The standard InChI is InChI=1S/C27H37NO2/c1-3-25(2)21-26(17-20-30-25)15-10-18-28(22-26)19-16-27(29,23-11-6-4-7-12-23)24-13-8-5-9-14-24/h4-9,11-14,29H,3,10,15-22H2,1-2H3/t25-,26+/m0/s1. The van der Waals surface area contributed by atoms with Crippen LogP contribution in [-0.2, 0) is 10.3 Å². The third-order valence-corrected chi connectivity index (χ3v) is 7.61. The lowest BCUT2D eigenvalue weighted by atomic mass is 9.68. The van der Waals surface area contributed by atoms with Crippen molar-refractivity contribution in [3.63, 3.8) is 0 Å². The molecule has 1 spiro atoms. The van der Waals surface area contributed by atoms with Crippen LogP contribution in [0.25, 0.3) is 0 Å². The van der Waals surface area contributed by atoms with Gasteiger partial charge in [-0.15, -0.1) is 0 Å². The van der Waals surface area contributed by atoms with Gasteiger partial charge in [-0.25, -0.2) is 0 Å². The second-order valence-electron chi connectivity index (χ2n) is 9.80. The number of hydrogen-bond acceptors (Lipinski definition) is 3. The summed E-state index contributed by atoms with van der Waals surface area (Å²) in [6.45, 7) is 8.59. The van der Waals surface area contributed by atoms with Gasteiger partial charge in [-0.05, 0) is 68.5 Å². The van der Waals surface area contributed by atoms with Crippen LogP contribution >= 0.6 is 0 Å². The van der Waals surface area contributed by atoms with E-state index in [2.05, 4.69) is 43.0 Å². The van der Waals surface area contributed by atoms with Gasteiger partial charge in [0.15, 0.2) is 0 Å². The number of nitrogens with zero attached hydrogens (tertiary/aromatic N) is 1. The number of benzene rings is 2. The summed E-state index contributed by atoms with van der Waals surface area (Å²) in [4.78, 5) is 2.60. The molecule has 1 N–H and O–H groups in total. The van der Waals surface area contributed by atoms with Gasteiger partial charge in [-0.2, -0.15) is 0 Å². The Labute approximate surface area is 182 Å². The molecular weight excluding hydrogens is 370 g/mol. The Morgan fingerprint density at radius 1 is 1.00 bits per heavy atom. The Hall–Kier alpha value is -1.68. The van der Waals surface area contributed by atoms with E-state index in [1.54, 1.807) is 0 Å². The molecule has 0 bridgehead atoms. The van der Waals surface area contributed by atoms with Gasteiger partial charge in [0.05, 0.1) is 5.60 Å². The number of hydrogen-bond donors (Lipinski definition) is 1. The molecule has 0 amide bonds. The molecule has 3 heteroatoms. The quantitative estimate of drug-likeness (QED) is 0.698. The first-order chi connectivity index (χ1) is 14.5. The zero-order valence-electron chi connectivity index (χ0n) is 18.6. The lowest BCUT2D eigenvalue weighted by molar-refractivity contribution is -0.134.